The average molecular weight is 424 g/mol. The number of rotatable bonds is 7. The zero-order valence-corrected chi connectivity index (χ0v) is 16.8. The van der Waals surface area contributed by atoms with E-state index in [1.54, 1.807) is 18.2 Å². The number of hydrogen-bond donors (Lipinski definition) is 1. The molecule has 1 aliphatic heterocycles. The minimum absolute atomic E-state index is 0.00108. The molecule has 0 radical (unpaired) electrons. The standard InChI is InChI=1S/C18H19Cl2N5O3/c1-2-13-22-17(23-25(13)16-11(19)5-3-6-12(16)20)18(28)21-9-4-10-24-14(26)7-8-15(24)27/h3,5-6H,2,4,7-10H2,1H3,(H,21,28). The van der Waals surface area contributed by atoms with Gasteiger partial charge in [-0.1, -0.05) is 36.2 Å². The minimum atomic E-state index is -0.448. The number of aryl methyl sites for hydroxylation is 1. The highest BCUT2D eigenvalue weighted by Gasteiger charge is 2.28. The first-order chi connectivity index (χ1) is 13.4. The largest absolute Gasteiger partial charge is 0.349 e. The van der Waals surface area contributed by atoms with Gasteiger partial charge in [-0.05, 0) is 18.6 Å². The van der Waals surface area contributed by atoms with Crippen LogP contribution in [-0.4, -0.2) is 50.5 Å². The second-order valence-corrected chi connectivity index (χ2v) is 7.05. The third kappa shape index (κ3) is 4.18. The fourth-order valence-corrected chi connectivity index (χ4v) is 3.49. The maximum Gasteiger partial charge on any atom is 0.290 e. The van der Waals surface area contributed by atoms with Gasteiger partial charge in [0.2, 0.25) is 17.6 Å². The van der Waals surface area contributed by atoms with Gasteiger partial charge in [0, 0.05) is 32.4 Å². The average Bonchev–Trinajstić information content (AvgIpc) is 3.23. The van der Waals surface area contributed by atoms with Crippen molar-refractivity contribution in [3.05, 3.63) is 39.9 Å². The van der Waals surface area contributed by atoms with Crippen LogP contribution in [0.15, 0.2) is 18.2 Å². The molecule has 1 fully saturated rings. The molecule has 0 spiro atoms. The summed E-state index contributed by atoms with van der Waals surface area (Å²) >= 11 is 12.5. The van der Waals surface area contributed by atoms with Gasteiger partial charge in [-0.3, -0.25) is 19.3 Å². The van der Waals surface area contributed by atoms with Crippen LogP contribution < -0.4 is 5.32 Å². The Balaban J connectivity index is 1.65. The maximum absolute atomic E-state index is 12.4. The Kier molecular flexibility index (Phi) is 6.31. The van der Waals surface area contributed by atoms with Crippen molar-refractivity contribution < 1.29 is 14.4 Å². The molecular weight excluding hydrogens is 405 g/mol. The van der Waals surface area contributed by atoms with E-state index in [-0.39, 0.29) is 37.0 Å². The van der Waals surface area contributed by atoms with Crippen LogP contribution in [0.25, 0.3) is 5.69 Å². The Hall–Kier alpha value is -2.45. The summed E-state index contributed by atoms with van der Waals surface area (Å²) in [6.07, 6.45) is 1.51. The molecule has 0 aliphatic carbocycles. The summed E-state index contributed by atoms with van der Waals surface area (Å²) in [5.41, 5.74) is 0.472. The monoisotopic (exact) mass is 423 g/mol. The van der Waals surface area contributed by atoms with E-state index in [1.807, 2.05) is 6.92 Å². The summed E-state index contributed by atoms with van der Waals surface area (Å²) < 4.78 is 1.47. The van der Waals surface area contributed by atoms with Crippen LogP contribution in [0.1, 0.15) is 42.6 Å². The predicted octanol–water partition coefficient (Wildman–Crippen LogP) is 2.41. The molecule has 3 amide bonds. The van der Waals surface area contributed by atoms with Crippen molar-refractivity contribution in [3.8, 4) is 5.69 Å². The molecule has 3 rings (SSSR count). The minimum Gasteiger partial charge on any atom is -0.349 e. The molecule has 0 saturated carbocycles. The summed E-state index contributed by atoms with van der Waals surface area (Å²) in [4.78, 5) is 41.0. The Morgan fingerprint density at radius 2 is 1.82 bits per heavy atom. The van der Waals surface area contributed by atoms with E-state index >= 15 is 0 Å². The van der Waals surface area contributed by atoms with Gasteiger partial charge in [0.25, 0.3) is 5.91 Å². The van der Waals surface area contributed by atoms with E-state index in [4.69, 9.17) is 23.2 Å². The van der Waals surface area contributed by atoms with E-state index < -0.39 is 5.91 Å². The van der Waals surface area contributed by atoms with Gasteiger partial charge < -0.3 is 5.32 Å². The van der Waals surface area contributed by atoms with Gasteiger partial charge in [0.1, 0.15) is 11.5 Å². The van der Waals surface area contributed by atoms with Crippen molar-refractivity contribution in [2.45, 2.75) is 32.6 Å². The van der Waals surface area contributed by atoms with E-state index in [2.05, 4.69) is 15.4 Å². The number of amides is 3. The first kappa shape index (κ1) is 20.3. The molecule has 0 unspecified atom stereocenters. The van der Waals surface area contributed by atoms with Crippen molar-refractivity contribution in [2.24, 2.45) is 0 Å². The van der Waals surface area contributed by atoms with Crippen molar-refractivity contribution in [1.82, 2.24) is 25.0 Å². The number of hydrogen-bond acceptors (Lipinski definition) is 5. The lowest BCUT2D eigenvalue weighted by Crippen LogP contribution is -2.33. The van der Waals surface area contributed by atoms with Crippen LogP contribution in [0, 0.1) is 0 Å². The molecule has 0 bridgehead atoms. The quantitative estimate of drug-likeness (QED) is 0.544. The number of nitrogens with one attached hydrogen (secondary N) is 1. The maximum atomic E-state index is 12.4. The number of benzene rings is 1. The number of imide groups is 1. The first-order valence-corrected chi connectivity index (χ1v) is 9.69. The SMILES string of the molecule is CCc1nc(C(=O)NCCCN2C(=O)CCC2=O)nn1-c1c(Cl)cccc1Cl. The molecule has 8 nitrogen and oxygen atoms in total. The number of carbonyl (C=O) groups excluding carboxylic acids is 3. The summed E-state index contributed by atoms with van der Waals surface area (Å²) in [5.74, 6) is -0.229. The highest BCUT2D eigenvalue weighted by molar-refractivity contribution is 6.37. The van der Waals surface area contributed by atoms with Gasteiger partial charge >= 0.3 is 0 Å². The Morgan fingerprint density at radius 3 is 2.43 bits per heavy atom. The van der Waals surface area contributed by atoms with E-state index in [1.165, 1.54) is 9.58 Å². The summed E-state index contributed by atoms with van der Waals surface area (Å²) in [6.45, 7) is 2.46. The number of halogens is 2. The smallest absolute Gasteiger partial charge is 0.290 e. The van der Waals surface area contributed by atoms with Gasteiger partial charge in [0.05, 0.1) is 10.0 Å². The van der Waals surface area contributed by atoms with Crippen LogP contribution in [0.2, 0.25) is 10.0 Å². The molecule has 28 heavy (non-hydrogen) atoms. The Labute approximate surface area is 171 Å². The molecular formula is C18H19Cl2N5O3. The fourth-order valence-electron chi connectivity index (χ4n) is 2.93. The summed E-state index contributed by atoms with van der Waals surface area (Å²) in [6, 6.07) is 5.09. The number of likely N-dealkylation sites (tertiary alicyclic amines) is 1. The topological polar surface area (TPSA) is 97.2 Å². The van der Waals surface area contributed by atoms with Crippen molar-refractivity contribution >= 4 is 40.9 Å². The van der Waals surface area contributed by atoms with Crippen molar-refractivity contribution in [1.29, 1.82) is 0 Å². The van der Waals surface area contributed by atoms with E-state index in [0.29, 0.717) is 40.9 Å². The Morgan fingerprint density at radius 1 is 1.18 bits per heavy atom. The second-order valence-electron chi connectivity index (χ2n) is 6.24. The van der Waals surface area contributed by atoms with Crippen molar-refractivity contribution in [3.63, 3.8) is 0 Å². The Bertz CT molecular complexity index is 892. The van der Waals surface area contributed by atoms with E-state index in [0.717, 1.165) is 0 Å². The molecule has 10 heteroatoms. The van der Waals surface area contributed by atoms with Crippen LogP contribution >= 0.6 is 23.2 Å². The molecule has 1 aromatic carbocycles. The molecule has 1 N–H and O–H groups in total. The molecule has 1 aromatic heterocycles. The zero-order valence-electron chi connectivity index (χ0n) is 15.2. The van der Waals surface area contributed by atoms with E-state index in [9.17, 15) is 14.4 Å². The van der Waals surface area contributed by atoms with Gasteiger partial charge in [-0.25, -0.2) is 9.67 Å². The highest BCUT2D eigenvalue weighted by Crippen LogP contribution is 2.28. The van der Waals surface area contributed by atoms with Gasteiger partial charge in [0.15, 0.2) is 0 Å². The lowest BCUT2D eigenvalue weighted by molar-refractivity contribution is -0.138. The molecule has 2 aromatic rings. The molecule has 1 saturated heterocycles. The lowest BCUT2D eigenvalue weighted by atomic mass is 10.3. The fraction of sp³-hybridized carbons (Fsp3) is 0.389. The van der Waals surface area contributed by atoms with Crippen molar-refractivity contribution in [2.75, 3.05) is 13.1 Å². The molecule has 0 atom stereocenters. The van der Waals surface area contributed by atoms with Gasteiger partial charge in [-0.2, -0.15) is 0 Å². The normalized spacial score (nSPS) is 14.0. The lowest BCUT2D eigenvalue weighted by Gasteiger charge is -2.13. The highest BCUT2D eigenvalue weighted by atomic mass is 35.5. The van der Waals surface area contributed by atoms with Crippen LogP contribution in [0.4, 0.5) is 0 Å². The molecule has 2 heterocycles. The summed E-state index contributed by atoms with van der Waals surface area (Å²) in [7, 11) is 0. The number of carbonyl (C=O) groups is 3. The number of nitrogens with zero attached hydrogens (tertiary/aromatic N) is 4. The third-order valence-corrected chi connectivity index (χ3v) is 4.95. The van der Waals surface area contributed by atoms with Crippen LogP contribution in [0.3, 0.4) is 0 Å². The molecule has 148 valence electrons. The van der Waals surface area contributed by atoms with Gasteiger partial charge in [-0.15, -0.1) is 5.10 Å². The second kappa shape index (κ2) is 8.70. The molecule has 1 aliphatic rings. The summed E-state index contributed by atoms with van der Waals surface area (Å²) in [5, 5.41) is 7.77. The number of para-hydroxylation sites is 1. The zero-order chi connectivity index (χ0) is 20.3. The third-order valence-electron chi connectivity index (χ3n) is 4.34. The predicted molar refractivity (Wildman–Crippen MR) is 104 cm³/mol. The van der Waals surface area contributed by atoms with Crippen LogP contribution in [-0.2, 0) is 16.0 Å². The first-order valence-electron chi connectivity index (χ1n) is 8.94. The van der Waals surface area contributed by atoms with Crippen LogP contribution in [0.5, 0.6) is 0 Å². The number of aromatic nitrogens is 3.